The molecule has 0 fully saturated rings. The van der Waals surface area contributed by atoms with Crippen LogP contribution in [0.4, 0.5) is 4.39 Å². The van der Waals surface area contributed by atoms with Crippen molar-refractivity contribution in [2.45, 2.75) is 0 Å². The number of hydrogen-bond donors (Lipinski definition) is 1. The summed E-state index contributed by atoms with van der Waals surface area (Å²) in [4.78, 5) is 17.2. The average molecular weight is 286 g/mol. The monoisotopic (exact) mass is 286 g/mol. The molecule has 2 aromatic heterocycles. The number of halogens is 1. The van der Waals surface area contributed by atoms with Crippen LogP contribution in [0.1, 0.15) is 10.4 Å². The fraction of sp³-hybridized carbons (Fsp3) is 0.0667. The standard InChI is InChI=1S/C15H11FN2OS/c1-17-14(19)12-8-18-15-11(6-7-20-15)13(12)9-2-4-10(16)5-3-9/h2-8H,1H3,(H,17,19). The summed E-state index contributed by atoms with van der Waals surface area (Å²) in [5.41, 5.74) is 2.08. The molecule has 0 aliphatic heterocycles. The van der Waals surface area contributed by atoms with Gasteiger partial charge in [0.15, 0.2) is 0 Å². The maximum absolute atomic E-state index is 13.1. The minimum atomic E-state index is -0.300. The number of benzene rings is 1. The summed E-state index contributed by atoms with van der Waals surface area (Å²) in [5.74, 6) is -0.504. The van der Waals surface area contributed by atoms with E-state index in [0.717, 1.165) is 21.3 Å². The van der Waals surface area contributed by atoms with Crippen molar-refractivity contribution < 1.29 is 9.18 Å². The van der Waals surface area contributed by atoms with Gasteiger partial charge in [-0.1, -0.05) is 12.1 Å². The van der Waals surface area contributed by atoms with Crippen molar-refractivity contribution in [1.82, 2.24) is 10.3 Å². The third-order valence-corrected chi connectivity index (χ3v) is 3.92. The summed E-state index contributed by atoms with van der Waals surface area (Å²) in [6.07, 6.45) is 1.57. The predicted octanol–water partition coefficient (Wildman–Crippen LogP) is 3.46. The van der Waals surface area contributed by atoms with E-state index in [1.807, 2.05) is 11.4 Å². The van der Waals surface area contributed by atoms with Gasteiger partial charge in [-0.3, -0.25) is 4.79 Å². The van der Waals surface area contributed by atoms with Crippen LogP contribution < -0.4 is 5.32 Å². The highest BCUT2D eigenvalue weighted by Gasteiger charge is 2.16. The van der Waals surface area contributed by atoms with E-state index in [9.17, 15) is 9.18 Å². The smallest absolute Gasteiger partial charge is 0.253 e. The third kappa shape index (κ3) is 2.06. The lowest BCUT2D eigenvalue weighted by Gasteiger charge is -2.10. The zero-order chi connectivity index (χ0) is 14.1. The summed E-state index contributed by atoms with van der Waals surface area (Å²) in [6, 6.07) is 8.06. The van der Waals surface area contributed by atoms with E-state index in [1.54, 1.807) is 25.4 Å². The quantitative estimate of drug-likeness (QED) is 0.784. The van der Waals surface area contributed by atoms with Gasteiger partial charge >= 0.3 is 0 Å². The lowest BCUT2D eigenvalue weighted by molar-refractivity contribution is 0.0963. The highest BCUT2D eigenvalue weighted by molar-refractivity contribution is 7.16. The molecule has 100 valence electrons. The molecule has 3 rings (SSSR count). The molecular formula is C15H11FN2OS. The number of carbonyl (C=O) groups excluding carboxylic acids is 1. The minimum Gasteiger partial charge on any atom is -0.355 e. The van der Waals surface area contributed by atoms with Crippen molar-refractivity contribution in [1.29, 1.82) is 0 Å². The van der Waals surface area contributed by atoms with E-state index >= 15 is 0 Å². The molecule has 3 aromatic rings. The molecule has 1 aromatic carbocycles. The second-order valence-electron chi connectivity index (χ2n) is 4.27. The van der Waals surface area contributed by atoms with Crippen molar-refractivity contribution in [2.75, 3.05) is 7.05 Å². The van der Waals surface area contributed by atoms with E-state index in [4.69, 9.17) is 0 Å². The van der Waals surface area contributed by atoms with E-state index < -0.39 is 0 Å². The zero-order valence-electron chi connectivity index (χ0n) is 10.7. The Morgan fingerprint density at radius 1 is 1.25 bits per heavy atom. The molecule has 0 aliphatic rings. The Hall–Kier alpha value is -2.27. The largest absolute Gasteiger partial charge is 0.355 e. The summed E-state index contributed by atoms with van der Waals surface area (Å²) in [7, 11) is 1.58. The van der Waals surface area contributed by atoms with Crippen LogP contribution in [-0.2, 0) is 0 Å². The van der Waals surface area contributed by atoms with Gasteiger partial charge < -0.3 is 5.32 Å². The maximum Gasteiger partial charge on any atom is 0.253 e. The molecule has 1 amide bonds. The van der Waals surface area contributed by atoms with Crippen molar-refractivity contribution >= 4 is 27.5 Å². The number of nitrogens with one attached hydrogen (secondary N) is 1. The zero-order valence-corrected chi connectivity index (χ0v) is 11.5. The molecule has 2 heterocycles. The molecule has 0 bridgehead atoms. The second-order valence-corrected chi connectivity index (χ2v) is 5.17. The van der Waals surface area contributed by atoms with Gasteiger partial charge in [-0.05, 0) is 29.1 Å². The molecule has 1 N–H and O–H groups in total. The van der Waals surface area contributed by atoms with Gasteiger partial charge in [-0.25, -0.2) is 9.37 Å². The number of nitrogens with zero attached hydrogens (tertiary/aromatic N) is 1. The first kappa shape index (κ1) is 12.7. The first-order chi connectivity index (χ1) is 9.70. The molecule has 0 saturated carbocycles. The number of thiophene rings is 1. The van der Waals surface area contributed by atoms with Crippen LogP contribution in [0, 0.1) is 5.82 Å². The molecule has 5 heteroatoms. The fourth-order valence-electron chi connectivity index (χ4n) is 2.16. The van der Waals surface area contributed by atoms with Crippen LogP contribution in [0.15, 0.2) is 41.9 Å². The van der Waals surface area contributed by atoms with Crippen molar-refractivity contribution in [3.05, 3.63) is 53.3 Å². The van der Waals surface area contributed by atoms with E-state index in [2.05, 4.69) is 10.3 Å². The summed E-state index contributed by atoms with van der Waals surface area (Å²) < 4.78 is 13.1. The Balaban J connectivity index is 2.32. The minimum absolute atomic E-state index is 0.204. The van der Waals surface area contributed by atoms with E-state index in [1.165, 1.54) is 23.5 Å². The number of aromatic nitrogens is 1. The van der Waals surface area contributed by atoms with Crippen molar-refractivity contribution in [3.63, 3.8) is 0 Å². The Morgan fingerprint density at radius 3 is 2.70 bits per heavy atom. The number of rotatable bonds is 2. The summed E-state index contributed by atoms with van der Waals surface area (Å²) in [6.45, 7) is 0. The molecule has 0 radical (unpaired) electrons. The second kappa shape index (κ2) is 5.02. The van der Waals surface area contributed by atoms with Gasteiger partial charge in [0.05, 0.1) is 5.56 Å². The van der Waals surface area contributed by atoms with Crippen LogP contribution in [0.2, 0.25) is 0 Å². The molecule has 20 heavy (non-hydrogen) atoms. The van der Waals surface area contributed by atoms with Crippen LogP contribution >= 0.6 is 11.3 Å². The molecule has 0 aliphatic carbocycles. The normalized spacial score (nSPS) is 10.7. The van der Waals surface area contributed by atoms with E-state index in [-0.39, 0.29) is 11.7 Å². The topological polar surface area (TPSA) is 42.0 Å². The Morgan fingerprint density at radius 2 is 2.00 bits per heavy atom. The number of carbonyl (C=O) groups is 1. The lowest BCUT2D eigenvalue weighted by Crippen LogP contribution is -2.19. The first-order valence-electron chi connectivity index (χ1n) is 6.05. The Labute approximate surface area is 119 Å². The van der Waals surface area contributed by atoms with Gasteiger partial charge in [0.1, 0.15) is 10.6 Å². The van der Waals surface area contributed by atoms with Crippen LogP contribution in [0.3, 0.4) is 0 Å². The van der Waals surface area contributed by atoms with Crippen molar-refractivity contribution in [2.24, 2.45) is 0 Å². The summed E-state index contributed by atoms with van der Waals surface area (Å²) in [5, 5.41) is 5.44. The van der Waals surface area contributed by atoms with Crippen molar-refractivity contribution in [3.8, 4) is 11.1 Å². The predicted molar refractivity (Wildman–Crippen MR) is 78.4 cm³/mol. The van der Waals surface area contributed by atoms with Gasteiger partial charge in [-0.15, -0.1) is 11.3 Å². The number of amides is 1. The first-order valence-corrected chi connectivity index (χ1v) is 6.93. The third-order valence-electron chi connectivity index (χ3n) is 3.10. The van der Waals surface area contributed by atoms with Gasteiger partial charge in [0.2, 0.25) is 0 Å². The Bertz CT molecular complexity index is 780. The number of hydrogen-bond acceptors (Lipinski definition) is 3. The molecular weight excluding hydrogens is 275 g/mol. The highest BCUT2D eigenvalue weighted by atomic mass is 32.1. The molecule has 0 spiro atoms. The summed E-state index contributed by atoms with van der Waals surface area (Å²) >= 11 is 1.51. The molecule has 0 atom stereocenters. The highest BCUT2D eigenvalue weighted by Crippen LogP contribution is 2.33. The lowest BCUT2D eigenvalue weighted by atomic mass is 9.98. The van der Waals surface area contributed by atoms with E-state index in [0.29, 0.717) is 5.56 Å². The van der Waals surface area contributed by atoms with Crippen LogP contribution in [-0.4, -0.2) is 17.9 Å². The van der Waals surface area contributed by atoms with Gasteiger partial charge in [0, 0.05) is 24.2 Å². The average Bonchev–Trinajstić information content (AvgIpc) is 2.95. The molecule has 0 saturated heterocycles. The Kier molecular flexibility index (Phi) is 3.20. The maximum atomic E-state index is 13.1. The number of fused-ring (bicyclic) bond motifs is 1. The molecule has 3 nitrogen and oxygen atoms in total. The van der Waals surface area contributed by atoms with Crippen LogP contribution in [0.25, 0.3) is 21.3 Å². The van der Waals surface area contributed by atoms with Crippen LogP contribution in [0.5, 0.6) is 0 Å². The fourth-order valence-corrected chi connectivity index (χ4v) is 2.90. The van der Waals surface area contributed by atoms with Gasteiger partial charge in [-0.2, -0.15) is 0 Å². The SMILES string of the molecule is CNC(=O)c1cnc2sccc2c1-c1ccc(F)cc1. The molecule has 0 unspecified atom stereocenters. The number of pyridine rings is 1. The van der Waals surface area contributed by atoms with Gasteiger partial charge in [0.25, 0.3) is 5.91 Å².